The van der Waals surface area contributed by atoms with Gasteiger partial charge in [0.05, 0.1) is 10.6 Å². The minimum atomic E-state index is -4.49. The van der Waals surface area contributed by atoms with Crippen LogP contribution in [-0.2, 0) is 15.8 Å². The Morgan fingerprint density at radius 1 is 0.848 bits per heavy atom. The Balaban J connectivity index is 1.26. The number of nitrogens with zero attached hydrogens (tertiary/aromatic N) is 4. The number of aromatic nitrogens is 1. The Kier molecular flexibility index (Phi) is 7.36. The van der Waals surface area contributed by atoms with E-state index < -0.39 is 11.7 Å². The largest absolute Gasteiger partial charge is 0.417 e. The number of hydrogen-bond acceptors (Lipinski definition) is 4. The highest BCUT2D eigenvalue weighted by molar-refractivity contribution is 6.33. The van der Waals surface area contributed by atoms with Gasteiger partial charge in [-0.05, 0) is 51.0 Å². The van der Waals surface area contributed by atoms with E-state index >= 15 is 0 Å². The first-order valence-corrected chi connectivity index (χ1v) is 12.2. The summed E-state index contributed by atoms with van der Waals surface area (Å²) in [6.07, 6.45) is 2.29. The molecule has 0 N–H and O–H groups in total. The Labute approximate surface area is 197 Å². The number of halogens is 4. The Bertz CT molecular complexity index is 860. The zero-order valence-electron chi connectivity index (χ0n) is 18.6. The molecule has 0 spiro atoms. The van der Waals surface area contributed by atoms with Crippen molar-refractivity contribution in [3.63, 3.8) is 0 Å². The topological polar surface area (TPSA) is 56.8 Å². The lowest BCUT2D eigenvalue weighted by molar-refractivity contribution is -0.143. The monoisotopic (exact) mass is 486 g/mol. The molecule has 0 radical (unpaired) electrons. The molecule has 3 aliphatic heterocycles. The maximum atomic E-state index is 13.0. The lowest BCUT2D eigenvalue weighted by atomic mass is 9.91. The third-order valence-electron chi connectivity index (χ3n) is 7.12. The summed E-state index contributed by atoms with van der Waals surface area (Å²) < 4.78 is 38.5. The van der Waals surface area contributed by atoms with Gasteiger partial charge in [-0.3, -0.25) is 9.59 Å². The molecule has 4 heterocycles. The van der Waals surface area contributed by atoms with E-state index in [0.717, 1.165) is 38.2 Å². The molecule has 1 aromatic heterocycles. The van der Waals surface area contributed by atoms with E-state index in [2.05, 4.69) is 4.98 Å². The number of alkyl halides is 3. The minimum absolute atomic E-state index is 0.0156. The molecule has 1 aromatic rings. The van der Waals surface area contributed by atoms with Crippen molar-refractivity contribution in [2.45, 2.75) is 51.1 Å². The van der Waals surface area contributed by atoms with Crippen LogP contribution < -0.4 is 4.90 Å². The maximum Gasteiger partial charge on any atom is 0.417 e. The Morgan fingerprint density at radius 2 is 1.36 bits per heavy atom. The predicted molar refractivity (Wildman–Crippen MR) is 119 cm³/mol. The van der Waals surface area contributed by atoms with Crippen LogP contribution in [0.4, 0.5) is 19.0 Å². The summed E-state index contributed by atoms with van der Waals surface area (Å²) >= 11 is 6.07. The lowest BCUT2D eigenvalue weighted by Gasteiger charge is -2.38. The second-order valence-electron chi connectivity index (χ2n) is 9.27. The number of pyridine rings is 1. The van der Waals surface area contributed by atoms with E-state index in [1.54, 1.807) is 0 Å². The van der Waals surface area contributed by atoms with Gasteiger partial charge in [0.15, 0.2) is 0 Å². The van der Waals surface area contributed by atoms with E-state index in [-0.39, 0.29) is 28.7 Å². The average molecular weight is 487 g/mol. The van der Waals surface area contributed by atoms with E-state index in [4.69, 9.17) is 11.6 Å². The normalized spacial score (nSPS) is 21.4. The van der Waals surface area contributed by atoms with Crippen molar-refractivity contribution in [1.82, 2.24) is 14.8 Å². The summed E-state index contributed by atoms with van der Waals surface area (Å²) in [5.41, 5.74) is -0.872. The van der Waals surface area contributed by atoms with Gasteiger partial charge in [-0.1, -0.05) is 11.6 Å². The van der Waals surface area contributed by atoms with E-state index in [9.17, 15) is 22.8 Å². The predicted octanol–water partition coefficient (Wildman–Crippen LogP) is 4.22. The number of carbonyl (C=O) groups excluding carboxylic acids is 2. The molecule has 0 aliphatic carbocycles. The number of piperidine rings is 3. The second kappa shape index (κ2) is 10.1. The van der Waals surface area contributed by atoms with Crippen LogP contribution in [-0.4, -0.2) is 65.9 Å². The zero-order valence-corrected chi connectivity index (χ0v) is 19.4. The minimum Gasteiger partial charge on any atom is -0.355 e. The van der Waals surface area contributed by atoms with Gasteiger partial charge < -0.3 is 14.7 Å². The van der Waals surface area contributed by atoms with Gasteiger partial charge in [0, 0.05) is 57.3 Å². The van der Waals surface area contributed by atoms with Crippen molar-refractivity contribution in [2.24, 2.45) is 11.8 Å². The molecular formula is C23H30ClF3N4O2. The number of likely N-dealkylation sites (tertiary alicyclic amines) is 2. The number of carbonyl (C=O) groups is 2. The van der Waals surface area contributed by atoms with Crippen LogP contribution in [0.1, 0.15) is 50.5 Å². The smallest absolute Gasteiger partial charge is 0.355 e. The van der Waals surface area contributed by atoms with Crippen LogP contribution in [0.3, 0.4) is 0 Å². The molecule has 0 saturated carbocycles. The first-order valence-electron chi connectivity index (χ1n) is 11.8. The summed E-state index contributed by atoms with van der Waals surface area (Å²) in [7, 11) is 0. The molecule has 3 saturated heterocycles. The van der Waals surface area contributed by atoms with Crippen molar-refractivity contribution in [3.05, 3.63) is 22.8 Å². The molecule has 0 atom stereocenters. The summed E-state index contributed by atoms with van der Waals surface area (Å²) in [6, 6.07) is 0.899. The Morgan fingerprint density at radius 3 is 1.88 bits per heavy atom. The highest BCUT2D eigenvalue weighted by Crippen LogP contribution is 2.35. The number of hydrogen-bond donors (Lipinski definition) is 0. The molecule has 0 aromatic carbocycles. The first-order chi connectivity index (χ1) is 15.7. The van der Waals surface area contributed by atoms with Crippen LogP contribution in [0.25, 0.3) is 0 Å². The van der Waals surface area contributed by atoms with Crippen LogP contribution in [0.5, 0.6) is 0 Å². The molecule has 0 unspecified atom stereocenters. The second-order valence-corrected chi connectivity index (χ2v) is 9.68. The zero-order chi connectivity index (χ0) is 23.6. The molecule has 4 rings (SSSR count). The van der Waals surface area contributed by atoms with Crippen molar-refractivity contribution < 1.29 is 22.8 Å². The summed E-state index contributed by atoms with van der Waals surface area (Å²) in [5, 5.41) is -0.0324. The van der Waals surface area contributed by atoms with Gasteiger partial charge in [-0.2, -0.15) is 13.2 Å². The fourth-order valence-electron chi connectivity index (χ4n) is 5.13. The maximum absolute atomic E-state index is 13.0. The fourth-order valence-corrected chi connectivity index (χ4v) is 5.42. The van der Waals surface area contributed by atoms with Gasteiger partial charge in [-0.25, -0.2) is 4.98 Å². The third kappa shape index (κ3) is 5.55. The van der Waals surface area contributed by atoms with Crippen LogP contribution >= 0.6 is 11.6 Å². The molecule has 3 aliphatic rings. The quantitative estimate of drug-likeness (QED) is 0.642. The summed E-state index contributed by atoms with van der Waals surface area (Å²) in [4.78, 5) is 35.4. The third-order valence-corrected chi connectivity index (χ3v) is 7.39. The number of amides is 2. The molecule has 10 heteroatoms. The number of anilines is 1. The van der Waals surface area contributed by atoms with Gasteiger partial charge in [0.1, 0.15) is 5.82 Å². The highest BCUT2D eigenvalue weighted by atomic mass is 35.5. The molecule has 3 fully saturated rings. The van der Waals surface area contributed by atoms with Gasteiger partial charge >= 0.3 is 6.18 Å². The average Bonchev–Trinajstić information content (AvgIpc) is 2.83. The highest BCUT2D eigenvalue weighted by Gasteiger charge is 2.35. The van der Waals surface area contributed by atoms with E-state index in [0.29, 0.717) is 57.7 Å². The molecule has 182 valence electrons. The van der Waals surface area contributed by atoms with Crippen LogP contribution in [0.15, 0.2) is 12.3 Å². The SMILES string of the molecule is O=C(C1CCN(C(=O)C2CCN(c3ncc(C(F)(F)F)cc3Cl)CC2)CC1)N1CCCCC1. The van der Waals surface area contributed by atoms with Crippen LogP contribution in [0, 0.1) is 11.8 Å². The fraction of sp³-hybridized carbons (Fsp3) is 0.696. The van der Waals surface area contributed by atoms with Crippen molar-refractivity contribution >= 4 is 29.2 Å². The van der Waals surface area contributed by atoms with Crippen molar-refractivity contribution in [3.8, 4) is 0 Å². The molecule has 33 heavy (non-hydrogen) atoms. The van der Waals surface area contributed by atoms with Gasteiger partial charge in [0.25, 0.3) is 0 Å². The standard InChI is InChI=1S/C23H30ClF3N4O2/c24-19-14-18(23(25,26)27)15-28-20(19)29-10-4-16(5-11-29)22(33)31-12-6-17(7-13-31)21(32)30-8-2-1-3-9-30/h14-17H,1-13H2. The summed E-state index contributed by atoms with van der Waals surface area (Å²) in [5.74, 6) is 0.583. The molecule has 6 nitrogen and oxygen atoms in total. The molecular weight excluding hydrogens is 457 g/mol. The lowest BCUT2D eigenvalue weighted by Crippen LogP contribution is -2.48. The molecule has 2 amide bonds. The summed E-state index contributed by atoms with van der Waals surface area (Å²) in [6.45, 7) is 3.95. The number of rotatable bonds is 3. The molecule has 0 bridgehead atoms. The first kappa shape index (κ1) is 24.1. The van der Waals surface area contributed by atoms with Crippen molar-refractivity contribution in [1.29, 1.82) is 0 Å². The van der Waals surface area contributed by atoms with Crippen molar-refractivity contribution in [2.75, 3.05) is 44.2 Å². The van der Waals surface area contributed by atoms with Gasteiger partial charge in [0.2, 0.25) is 11.8 Å². The van der Waals surface area contributed by atoms with Crippen LogP contribution in [0.2, 0.25) is 5.02 Å². The Hall–Kier alpha value is -2.03. The van der Waals surface area contributed by atoms with Gasteiger partial charge in [-0.15, -0.1) is 0 Å². The van der Waals surface area contributed by atoms with E-state index in [1.165, 1.54) is 6.42 Å². The van der Waals surface area contributed by atoms with E-state index in [1.807, 2.05) is 14.7 Å².